The van der Waals surface area contributed by atoms with Gasteiger partial charge in [0.25, 0.3) is 0 Å². The first kappa shape index (κ1) is 11.2. The molecule has 4 heteroatoms. The minimum atomic E-state index is -0.265. The summed E-state index contributed by atoms with van der Waals surface area (Å²) in [6, 6.07) is 12.3. The Kier molecular flexibility index (Phi) is 2.76. The highest BCUT2D eigenvalue weighted by Gasteiger charge is 2.04. The zero-order valence-corrected chi connectivity index (χ0v) is 10.2. The first-order chi connectivity index (χ1) is 8.72. The van der Waals surface area contributed by atoms with E-state index in [0.717, 1.165) is 16.1 Å². The summed E-state index contributed by atoms with van der Waals surface area (Å²) >= 11 is 5.85. The van der Waals surface area contributed by atoms with Gasteiger partial charge in [0.15, 0.2) is 0 Å². The Bertz CT molecular complexity index is 689. The van der Waals surface area contributed by atoms with E-state index < -0.39 is 0 Å². The second kappa shape index (κ2) is 4.42. The third kappa shape index (κ3) is 2.09. The van der Waals surface area contributed by atoms with Crippen LogP contribution in [0, 0.1) is 5.82 Å². The van der Waals surface area contributed by atoms with Crippen molar-refractivity contribution >= 4 is 22.6 Å². The molecule has 0 N–H and O–H groups in total. The van der Waals surface area contributed by atoms with Crippen LogP contribution in [0.4, 0.5) is 4.39 Å². The maximum absolute atomic E-state index is 13.1. The number of nitrogens with zero attached hydrogens (tertiary/aromatic N) is 2. The molecule has 3 rings (SSSR count). The molecule has 2 aromatic carbocycles. The molecule has 0 fully saturated rings. The Hall–Kier alpha value is -1.87. The lowest BCUT2D eigenvalue weighted by molar-refractivity contribution is 0.629. The zero-order valence-electron chi connectivity index (χ0n) is 9.48. The first-order valence-electron chi connectivity index (χ1n) is 5.57. The van der Waals surface area contributed by atoms with Gasteiger partial charge in [0.05, 0.1) is 17.4 Å². The van der Waals surface area contributed by atoms with E-state index in [-0.39, 0.29) is 5.82 Å². The van der Waals surface area contributed by atoms with E-state index in [1.54, 1.807) is 12.4 Å². The van der Waals surface area contributed by atoms with Crippen LogP contribution < -0.4 is 0 Å². The van der Waals surface area contributed by atoms with Crippen molar-refractivity contribution in [1.82, 2.24) is 9.55 Å². The quantitative estimate of drug-likeness (QED) is 0.684. The summed E-state index contributed by atoms with van der Waals surface area (Å²) in [5.74, 6) is -0.265. The van der Waals surface area contributed by atoms with Crippen LogP contribution in [0.2, 0.25) is 5.02 Å². The number of benzene rings is 2. The molecule has 0 atom stereocenters. The molecule has 2 nitrogen and oxygen atoms in total. The highest BCUT2D eigenvalue weighted by atomic mass is 35.5. The smallest absolute Gasteiger partial charge is 0.125 e. The van der Waals surface area contributed by atoms with Gasteiger partial charge in [-0.1, -0.05) is 23.7 Å². The number of fused-ring (bicyclic) bond motifs is 1. The number of imidazole rings is 1. The van der Waals surface area contributed by atoms with Crippen LogP contribution >= 0.6 is 11.6 Å². The van der Waals surface area contributed by atoms with Crippen molar-refractivity contribution in [3.63, 3.8) is 0 Å². The lowest BCUT2D eigenvalue weighted by Gasteiger charge is -2.04. The second-order valence-electron chi connectivity index (χ2n) is 4.13. The molecule has 0 radical (unpaired) electrons. The van der Waals surface area contributed by atoms with E-state index in [2.05, 4.69) is 4.98 Å². The van der Waals surface area contributed by atoms with Crippen molar-refractivity contribution in [1.29, 1.82) is 0 Å². The van der Waals surface area contributed by atoms with Gasteiger partial charge in [-0.25, -0.2) is 9.37 Å². The lowest BCUT2D eigenvalue weighted by atomic mass is 10.2. The van der Waals surface area contributed by atoms with E-state index >= 15 is 0 Å². The third-order valence-corrected chi connectivity index (χ3v) is 3.10. The largest absolute Gasteiger partial charge is 0.326 e. The molecule has 0 aliphatic carbocycles. The molecule has 0 aliphatic heterocycles. The maximum Gasteiger partial charge on any atom is 0.125 e. The van der Waals surface area contributed by atoms with Crippen molar-refractivity contribution in [3.05, 3.63) is 65.2 Å². The first-order valence-corrected chi connectivity index (χ1v) is 5.95. The third-order valence-electron chi connectivity index (χ3n) is 2.85. The molecule has 0 unspecified atom stereocenters. The van der Waals surface area contributed by atoms with Crippen LogP contribution in [-0.2, 0) is 6.54 Å². The highest BCUT2D eigenvalue weighted by Crippen LogP contribution is 2.17. The fourth-order valence-electron chi connectivity index (χ4n) is 1.95. The SMILES string of the molecule is Fc1ccc2c(c1)ncn2Cc1ccc(Cl)cc1. The Morgan fingerprint density at radius 2 is 1.89 bits per heavy atom. The summed E-state index contributed by atoms with van der Waals surface area (Å²) in [6.07, 6.45) is 1.72. The Morgan fingerprint density at radius 3 is 2.67 bits per heavy atom. The van der Waals surface area contributed by atoms with Gasteiger partial charge in [-0.2, -0.15) is 0 Å². The molecule has 1 aromatic heterocycles. The average Bonchev–Trinajstić information content (AvgIpc) is 2.74. The topological polar surface area (TPSA) is 17.8 Å². The van der Waals surface area contributed by atoms with Gasteiger partial charge in [0, 0.05) is 17.6 Å². The van der Waals surface area contributed by atoms with Crippen molar-refractivity contribution < 1.29 is 4.39 Å². The van der Waals surface area contributed by atoms with Crippen molar-refractivity contribution in [2.75, 3.05) is 0 Å². The number of rotatable bonds is 2. The minimum absolute atomic E-state index is 0.265. The molecule has 0 saturated carbocycles. The lowest BCUT2D eigenvalue weighted by Crippen LogP contribution is -1.97. The summed E-state index contributed by atoms with van der Waals surface area (Å²) in [7, 11) is 0. The summed E-state index contributed by atoms with van der Waals surface area (Å²) in [5.41, 5.74) is 2.72. The van der Waals surface area contributed by atoms with Gasteiger partial charge >= 0.3 is 0 Å². The van der Waals surface area contributed by atoms with E-state index in [4.69, 9.17) is 11.6 Å². The van der Waals surface area contributed by atoms with Crippen LogP contribution in [0.25, 0.3) is 11.0 Å². The van der Waals surface area contributed by atoms with E-state index in [1.165, 1.54) is 12.1 Å². The Balaban J connectivity index is 1.97. The molecule has 18 heavy (non-hydrogen) atoms. The zero-order chi connectivity index (χ0) is 12.5. The van der Waals surface area contributed by atoms with Gasteiger partial charge in [0.1, 0.15) is 5.82 Å². The minimum Gasteiger partial charge on any atom is -0.326 e. The standard InChI is InChI=1S/C14H10ClFN2/c15-11-3-1-10(2-4-11)8-18-9-17-13-7-12(16)5-6-14(13)18/h1-7,9H,8H2. The molecule has 90 valence electrons. The fourth-order valence-corrected chi connectivity index (χ4v) is 2.08. The van der Waals surface area contributed by atoms with Crippen molar-refractivity contribution in [2.45, 2.75) is 6.54 Å². The molecule has 0 aliphatic rings. The van der Waals surface area contributed by atoms with Gasteiger partial charge in [-0.3, -0.25) is 0 Å². The molecular formula is C14H10ClFN2. The Labute approximate surface area is 109 Å². The molecule has 3 aromatic rings. The second-order valence-corrected chi connectivity index (χ2v) is 4.57. The van der Waals surface area contributed by atoms with E-state index in [0.29, 0.717) is 12.1 Å². The van der Waals surface area contributed by atoms with Crippen LogP contribution in [0.5, 0.6) is 0 Å². The normalized spacial score (nSPS) is 11.0. The van der Waals surface area contributed by atoms with Gasteiger partial charge in [0.2, 0.25) is 0 Å². The van der Waals surface area contributed by atoms with E-state index in [9.17, 15) is 4.39 Å². The molecule has 0 bridgehead atoms. The number of hydrogen-bond acceptors (Lipinski definition) is 1. The molecule has 0 saturated heterocycles. The number of halogens is 2. The van der Waals surface area contributed by atoms with Crippen LogP contribution in [-0.4, -0.2) is 9.55 Å². The number of hydrogen-bond donors (Lipinski definition) is 0. The summed E-state index contributed by atoms with van der Waals surface area (Å²) in [4.78, 5) is 4.19. The summed E-state index contributed by atoms with van der Waals surface area (Å²) in [5, 5.41) is 0.719. The molecule has 1 heterocycles. The highest BCUT2D eigenvalue weighted by molar-refractivity contribution is 6.30. The maximum atomic E-state index is 13.1. The van der Waals surface area contributed by atoms with E-state index in [1.807, 2.05) is 28.8 Å². The van der Waals surface area contributed by atoms with Crippen LogP contribution in [0.3, 0.4) is 0 Å². The average molecular weight is 261 g/mol. The molecule has 0 spiro atoms. The van der Waals surface area contributed by atoms with Crippen LogP contribution in [0.15, 0.2) is 48.8 Å². The molecule has 0 amide bonds. The molecular weight excluding hydrogens is 251 g/mol. The van der Waals surface area contributed by atoms with Gasteiger partial charge in [-0.15, -0.1) is 0 Å². The Morgan fingerprint density at radius 1 is 1.11 bits per heavy atom. The summed E-state index contributed by atoms with van der Waals surface area (Å²) < 4.78 is 15.0. The van der Waals surface area contributed by atoms with Crippen molar-refractivity contribution in [3.8, 4) is 0 Å². The summed E-state index contributed by atoms with van der Waals surface area (Å²) in [6.45, 7) is 0.694. The fraction of sp³-hybridized carbons (Fsp3) is 0.0714. The monoisotopic (exact) mass is 260 g/mol. The number of aromatic nitrogens is 2. The predicted molar refractivity (Wildman–Crippen MR) is 70.2 cm³/mol. The van der Waals surface area contributed by atoms with Crippen molar-refractivity contribution in [2.24, 2.45) is 0 Å². The van der Waals surface area contributed by atoms with Gasteiger partial charge < -0.3 is 4.57 Å². The van der Waals surface area contributed by atoms with Gasteiger partial charge in [-0.05, 0) is 29.8 Å². The predicted octanol–water partition coefficient (Wildman–Crippen LogP) is 3.88. The van der Waals surface area contributed by atoms with Crippen LogP contribution in [0.1, 0.15) is 5.56 Å².